The summed E-state index contributed by atoms with van der Waals surface area (Å²) in [6, 6.07) is 24.1. The van der Waals surface area contributed by atoms with E-state index >= 15 is 0 Å². The minimum absolute atomic E-state index is 0.250. The Balaban J connectivity index is 1.65. The van der Waals surface area contributed by atoms with Crippen LogP contribution in [0.1, 0.15) is 40.4 Å². The van der Waals surface area contributed by atoms with Gasteiger partial charge >= 0.3 is 0 Å². The van der Waals surface area contributed by atoms with Gasteiger partial charge < -0.3 is 10.0 Å². The second kappa shape index (κ2) is 7.64. The Bertz CT molecular complexity index is 1040. The van der Waals surface area contributed by atoms with Gasteiger partial charge in [0.2, 0.25) is 0 Å². The number of amides is 1. The number of aryl methyl sites for hydroxylation is 1. The van der Waals surface area contributed by atoms with Crippen molar-refractivity contribution in [2.45, 2.75) is 31.9 Å². The highest BCUT2D eigenvalue weighted by Gasteiger charge is 2.50. The van der Waals surface area contributed by atoms with Crippen molar-refractivity contribution in [3.63, 3.8) is 0 Å². The van der Waals surface area contributed by atoms with E-state index in [9.17, 15) is 14.7 Å². The molecule has 0 fully saturated rings. The van der Waals surface area contributed by atoms with Crippen molar-refractivity contribution >= 4 is 17.4 Å². The maximum Gasteiger partial charge on any atom is 0.264 e. The zero-order chi connectivity index (χ0) is 20.4. The number of Topliss-reactive ketones (excluding diaryl/α,β-unsaturated/α-hetero) is 1. The summed E-state index contributed by atoms with van der Waals surface area (Å²) in [5.74, 6) is -0.707. The van der Waals surface area contributed by atoms with Crippen molar-refractivity contribution < 1.29 is 14.7 Å². The minimum Gasteiger partial charge on any atom is -0.375 e. The molecule has 146 valence electrons. The lowest BCUT2D eigenvalue weighted by atomic mass is 9.88. The fourth-order valence-corrected chi connectivity index (χ4v) is 3.86. The molecule has 1 aliphatic heterocycles. The summed E-state index contributed by atoms with van der Waals surface area (Å²) in [4.78, 5) is 27.7. The molecule has 0 saturated carbocycles. The monoisotopic (exact) mass is 385 g/mol. The van der Waals surface area contributed by atoms with Gasteiger partial charge in [-0.25, -0.2) is 0 Å². The van der Waals surface area contributed by atoms with E-state index in [1.54, 1.807) is 29.2 Å². The number of hydrogen-bond acceptors (Lipinski definition) is 3. The standard InChI is InChI=1S/C25H23NO3/c1-2-18-12-14-20(15-13-18)23(27)16-25(29)21-10-6-7-11-22(21)26(24(25)28)17-19-8-4-3-5-9-19/h3-15,29H,2,16-17H2,1H3/t25-/m1/s1. The van der Waals surface area contributed by atoms with E-state index < -0.39 is 11.5 Å². The molecule has 0 spiro atoms. The zero-order valence-corrected chi connectivity index (χ0v) is 16.3. The molecule has 0 saturated heterocycles. The first-order valence-corrected chi connectivity index (χ1v) is 9.83. The topological polar surface area (TPSA) is 57.6 Å². The van der Waals surface area contributed by atoms with E-state index in [-0.39, 0.29) is 12.2 Å². The van der Waals surface area contributed by atoms with Gasteiger partial charge in [0.25, 0.3) is 5.91 Å². The first kappa shape index (κ1) is 19.1. The number of ketones is 1. The number of fused-ring (bicyclic) bond motifs is 1. The van der Waals surface area contributed by atoms with Crippen molar-refractivity contribution in [2.24, 2.45) is 0 Å². The number of carbonyl (C=O) groups is 2. The average molecular weight is 385 g/mol. The van der Waals surface area contributed by atoms with Crippen molar-refractivity contribution in [1.29, 1.82) is 0 Å². The Morgan fingerprint density at radius 3 is 2.24 bits per heavy atom. The van der Waals surface area contributed by atoms with Crippen LogP contribution in [0.25, 0.3) is 0 Å². The van der Waals surface area contributed by atoms with Crippen LogP contribution >= 0.6 is 0 Å². The molecular formula is C25H23NO3. The van der Waals surface area contributed by atoms with E-state index in [0.717, 1.165) is 17.5 Å². The molecule has 0 aliphatic carbocycles. The summed E-state index contributed by atoms with van der Waals surface area (Å²) < 4.78 is 0. The smallest absolute Gasteiger partial charge is 0.264 e. The molecule has 1 N–H and O–H groups in total. The van der Waals surface area contributed by atoms with E-state index in [2.05, 4.69) is 6.92 Å². The molecule has 29 heavy (non-hydrogen) atoms. The molecule has 3 aromatic rings. The highest BCUT2D eigenvalue weighted by atomic mass is 16.3. The molecule has 4 rings (SSSR count). The highest BCUT2D eigenvalue weighted by molar-refractivity contribution is 6.10. The van der Waals surface area contributed by atoms with Gasteiger partial charge in [-0.05, 0) is 23.6 Å². The third kappa shape index (κ3) is 3.47. The van der Waals surface area contributed by atoms with Gasteiger partial charge in [-0.2, -0.15) is 0 Å². The number of benzene rings is 3. The molecule has 1 aliphatic rings. The van der Waals surface area contributed by atoms with Crippen molar-refractivity contribution in [1.82, 2.24) is 0 Å². The van der Waals surface area contributed by atoms with Gasteiger partial charge in [0, 0.05) is 11.1 Å². The van der Waals surface area contributed by atoms with E-state index in [0.29, 0.717) is 23.4 Å². The number of aliphatic hydroxyl groups is 1. The van der Waals surface area contributed by atoms with Gasteiger partial charge in [0.15, 0.2) is 11.4 Å². The summed E-state index contributed by atoms with van der Waals surface area (Å²) in [6.07, 6.45) is 0.609. The fraction of sp³-hybridized carbons (Fsp3) is 0.200. The first-order chi connectivity index (χ1) is 14.0. The van der Waals surface area contributed by atoms with Crippen molar-refractivity contribution in [2.75, 3.05) is 4.90 Å². The summed E-state index contributed by atoms with van der Waals surface area (Å²) in [5, 5.41) is 11.4. The lowest BCUT2D eigenvalue weighted by Gasteiger charge is -2.23. The normalized spacial score (nSPS) is 18.0. The van der Waals surface area contributed by atoms with Crippen LogP contribution in [0.3, 0.4) is 0 Å². The lowest BCUT2D eigenvalue weighted by Crippen LogP contribution is -2.41. The van der Waals surface area contributed by atoms with Crippen LogP contribution in [0.5, 0.6) is 0 Å². The SMILES string of the molecule is CCc1ccc(C(=O)C[C@]2(O)C(=O)N(Cc3ccccc3)c3ccccc32)cc1. The average Bonchev–Trinajstić information content (AvgIpc) is 2.96. The quantitative estimate of drug-likeness (QED) is 0.645. The molecule has 0 radical (unpaired) electrons. The van der Waals surface area contributed by atoms with Gasteiger partial charge in [0.05, 0.1) is 18.7 Å². The maximum absolute atomic E-state index is 13.3. The third-order valence-corrected chi connectivity index (χ3v) is 5.52. The molecule has 0 unspecified atom stereocenters. The Morgan fingerprint density at radius 2 is 1.55 bits per heavy atom. The third-order valence-electron chi connectivity index (χ3n) is 5.52. The summed E-state index contributed by atoms with van der Waals surface area (Å²) in [5.41, 5.74) is 1.88. The first-order valence-electron chi connectivity index (χ1n) is 9.83. The Labute approximate surface area is 170 Å². The second-order valence-electron chi connectivity index (χ2n) is 7.40. The van der Waals surface area contributed by atoms with Gasteiger partial charge in [0.1, 0.15) is 0 Å². The van der Waals surface area contributed by atoms with E-state index in [4.69, 9.17) is 0 Å². The van der Waals surface area contributed by atoms with Crippen LogP contribution in [0.4, 0.5) is 5.69 Å². The summed E-state index contributed by atoms with van der Waals surface area (Å²) in [6.45, 7) is 2.40. The maximum atomic E-state index is 13.3. The number of carbonyl (C=O) groups excluding carboxylic acids is 2. The Hall–Kier alpha value is -3.24. The van der Waals surface area contributed by atoms with Gasteiger partial charge in [-0.3, -0.25) is 9.59 Å². The fourth-order valence-electron chi connectivity index (χ4n) is 3.86. The molecule has 1 heterocycles. The van der Waals surface area contributed by atoms with Crippen molar-refractivity contribution in [3.05, 3.63) is 101 Å². The van der Waals surface area contributed by atoms with Gasteiger partial charge in [-0.1, -0.05) is 79.7 Å². The number of para-hydroxylation sites is 1. The van der Waals surface area contributed by atoms with E-state index in [1.807, 2.05) is 54.6 Å². The molecule has 1 atom stereocenters. The van der Waals surface area contributed by atoms with E-state index in [1.165, 1.54) is 0 Å². The molecule has 0 bridgehead atoms. The summed E-state index contributed by atoms with van der Waals surface area (Å²) >= 11 is 0. The van der Waals surface area contributed by atoms with Crippen LogP contribution in [0, 0.1) is 0 Å². The van der Waals surface area contributed by atoms with Crippen LogP contribution in [0.2, 0.25) is 0 Å². The van der Waals surface area contributed by atoms with Crippen LogP contribution in [-0.2, 0) is 23.4 Å². The highest BCUT2D eigenvalue weighted by Crippen LogP contribution is 2.43. The number of anilines is 1. The molecule has 0 aromatic heterocycles. The predicted octanol–water partition coefficient (Wildman–Crippen LogP) is 4.26. The van der Waals surface area contributed by atoms with Crippen LogP contribution < -0.4 is 4.90 Å². The molecular weight excluding hydrogens is 362 g/mol. The van der Waals surface area contributed by atoms with Crippen molar-refractivity contribution in [3.8, 4) is 0 Å². The predicted molar refractivity (Wildman–Crippen MR) is 113 cm³/mol. The number of hydrogen-bond donors (Lipinski definition) is 1. The molecule has 3 aromatic carbocycles. The molecule has 4 nitrogen and oxygen atoms in total. The Morgan fingerprint density at radius 1 is 0.897 bits per heavy atom. The zero-order valence-electron chi connectivity index (χ0n) is 16.3. The number of rotatable bonds is 6. The van der Waals surface area contributed by atoms with Crippen LogP contribution in [-0.4, -0.2) is 16.8 Å². The molecule has 4 heteroatoms. The van der Waals surface area contributed by atoms with Crippen LogP contribution in [0.15, 0.2) is 78.9 Å². The number of nitrogens with zero attached hydrogens (tertiary/aromatic N) is 1. The largest absolute Gasteiger partial charge is 0.375 e. The van der Waals surface area contributed by atoms with Gasteiger partial charge in [-0.15, -0.1) is 0 Å². The minimum atomic E-state index is -1.86. The summed E-state index contributed by atoms with van der Waals surface area (Å²) in [7, 11) is 0. The Kier molecular flexibility index (Phi) is 5.03. The second-order valence-corrected chi connectivity index (χ2v) is 7.40. The molecule has 1 amide bonds. The lowest BCUT2D eigenvalue weighted by molar-refractivity contribution is -0.136.